The monoisotopic (exact) mass is 174 g/mol. The van der Waals surface area contributed by atoms with Gasteiger partial charge in [0.25, 0.3) is 0 Å². The maximum Gasteiger partial charge on any atom is 0 e. The van der Waals surface area contributed by atoms with E-state index < -0.39 is 0 Å². The summed E-state index contributed by atoms with van der Waals surface area (Å²) in [6.07, 6.45) is 1.25. The van der Waals surface area contributed by atoms with Gasteiger partial charge in [0, 0.05) is 32.7 Å². The normalized spacial score (nSPS) is 21.9. The fraction of sp³-hybridized carbons (Fsp3) is 1.00. The SMILES string of the molecule is CN1CCC[N-]1.[Y]. The number of hydrogen-bond donors (Lipinski definition) is 0. The van der Waals surface area contributed by atoms with Crippen LogP contribution in [0.5, 0.6) is 0 Å². The van der Waals surface area contributed by atoms with Gasteiger partial charge in [-0.1, -0.05) is 6.42 Å². The predicted octanol–water partition coefficient (Wildman–Crippen LogP) is 0.608. The van der Waals surface area contributed by atoms with Crippen molar-refractivity contribution < 1.29 is 32.7 Å². The summed E-state index contributed by atoms with van der Waals surface area (Å²) < 4.78 is 0. The first-order chi connectivity index (χ1) is 2.89. The van der Waals surface area contributed by atoms with E-state index in [4.69, 9.17) is 0 Å². The van der Waals surface area contributed by atoms with Crippen LogP contribution in [-0.2, 0) is 32.7 Å². The summed E-state index contributed by atoms with van der Waals surface area (Å²) in [5, 5.41) is 1.99. The zero-order valence-electron chi connectivity index (χ0n) is 4.59. The smallest absolute Gasteiger partial charge is 0 e. The van der Waals surface area contributed by atoms with Crippen molar-refractivity contribution in [2.75, 3.05) is 20.1 Å². The van der Waals surface area contributed by atoms with E-state index in [1.165, 1.54) is 6.42 Å². The Labute approximate surface area is 69.5 Å². The van der Waals surface area contributed by atoms with Gasteiger partial charge in [-0.25, -0.2) is 0 Å². The van der Waals surface area contributed by atoms with Crippen LogP contribution in [0.1, 0.15) is 6.42 Å². The average molecular weight is 174 g/mol. The Kier molecular flexibility index (Phi) is 4.54. The van der Waals surface area contributed by atoms with Gasteiger partial charge in [-0.3, -0.25) is 0 Å². The van der Waals surface area contributed by atoms with Crippen LogP contribution >= 0.6 is 0 Å². The molecule has 1 saturated heterocycles. The second kappa shape index (κ2) is 3.96. The summed E-state index contributed by atoms with van der Waals surface area (Å²) in [5.74, 6) is 0. The van der Waals surface area contributed by atoms with E-state index in [9.17, 15) is 0 Å². The van der Waals surface area contributed by atoms with Crippen LogP contribution in [0.4, 0.5) is 0 Å². The van der Waals surface area contributed by atoms with Crippen LogP contribution in [0.15, 0.2) is 0 Å². The third-order valence-corrected chi connectivity index (χ3v) is 0.981. The number of rotatable bonds is 0. The molecule has 0 aromatic rings. The summed E-state index contributed by atoms with van der Waals surface area (Å²) >= 11 is 0. The fourth-order valence-corrected chi connectivity index (χ4v) is 0.612. The molecule has 3 heteroatoms. The number of nitrogens with zero attached hydrogens (tertiary/aromatic N) is 2. The molecule has 0 spiro atoms. The minimum atomic E-state index is 0. The molecule has 0 N–H and O–H groups in total. The molecule has 1 aliphatic rings. The first-order valence-corrected chi connectivity index (χ1v) is 2.28. The van der Waals surface area contributed by atoms with Crippen LogP contribution in [0.25, 0.3) is 5.43 Å². The standard InChI is InChI=1S/C4H9N2.Y/c1-6-4-2-3-5-6;/h2-4H2,1H3;/q-1;. The van der Waals surface area contributed by atoms with Crippen molar-refractivity contribution in [3.63, 3.8) is 0 Å². The first-order valence-electron chi connectivity index (χ1n) is 2.28. The molecular weight excluding hydrogens is 165 g/mol. The maximum atomic E-state index is 4.07. The van der Waals surface area contributed by atoms with Gasteiger partial charge in [-0.2, -0.15) is 0 Å². The van der Waals surface area contributed by atoms with E-state index in [0.717, 1.165) is 13.1 Å². The minimum Gasteiger partial charge on any atom is -0.595 e. The molecule has 0 amide bonds. The summed E-state index contributed by atoms with van der Waals surface area (Å²) in [5.41, 5.74) is 4.07. The average Bonchev–Trinajstić information content (AvgIpc) is 1.86. The van der Waals surface area contributed by atoms with Gasteiger partial charge in [0.05, 0.1) is 0 Å². The summed E-state index contributed by atoms with van der Waals surface area (Å²) in [6, 6.07) is 0. The molecular formula is C4H9N2Y-. The Bertz CT molecular complexity index is 43.0. The van der Waals surface area contributed by atoms with Gasteiger partial charge in [-0.05, 0) is 13.6 Å². The summed E-state index contributed by atoms with van der Waals surface area (Å²) in [6.45, 7) is 2.19. The molecule has 7 heavy (non-hydrogen) atoms. The molecule has 0 atom stereocenters. The van der Waals surface area contributed by atoms with E-state index in [1.54, 1.807) is 0 Å². The second-order valence-corrected chi connectivity index (χ2v) is 1.60. The third-order valence-electron chi connectivity index (χ3n) is 0.981. The molecule has 0 saturated carbocycles. The van der Waals surface area contributed by atoms with E-state index in [2.05, 4.69) is 5.43 Å². The zero-order valence-corrected chi connectivity index (χ0v) is 7.43. The predicted molar refractivity (Wildman–Crippen MR) is 25.5 cm³/mol. The Balaban J connectivity index is 0.000000360. The van der Waals surface area contributed by atoms with Crippen LogP contribution in [0, 0.1) is 0 Å². The summed E-state index contributed by atoms with van der Waals surface area (Å²) in [7, 11) is 2.01. The van der Waals surface area contributed by atoms with Crippen molar-refractivity contribution in [2.45, 2.75) is 6.42 Å². The third kappa shape index (κ3) is 2.75. The summed E-state index contributed by atoms with van der Waals surface area (Å²) in [4.78, 5) is 0. The van der Waals surface area contributed by atoms with Crippen molar-refractivity contribution in [1.82, 2.24) is 5.01 Å². The van der Waals surface area contributed by atoms with Crippen molar-refractivity contribution in [2.24, 2.45) is 0 Å². The van der Waals surface area contributed by atoms with Crippen LogP contribution in [0.2, 0.25) is 0 Å². The topological polar surface area (TPSA) is 17.3 Å². The van der Waals surface area contributed by atoms with Crippen molar-refractivity contribution in [3.8, 4) is 0 Å². The maximum absolute atomic E-state index is 4.07. The Morgan fingerprint density at radius 2 is 2.29 bits per heavy atom. The molecule has 0 aromatic heterocycles. The molecule has 0 unspecified atom stereocenters. The van der Waals surface area contributed by atoms with Crippen molar-refractivity contribution in [1.29, 1.82) is 0 Å². The second-order valence-electron chi connectivity index (χ2n) is 1.60. The molecule has 1 radical (unpaired) electrons. The van der Waals surface area contributed by atoms with Gasteiger partial charge >= 0.3 is 0 Å². The Hall–Kier alpha value is 1.02. The molecule has 1 heterocycles. The molecule has 0 aliphatic carbocycles. The molecule has 2 nitrogen and oxygen atoms in total. The van der Waals surface area contributed by atoms with Gasteiger partial charge in [0.15, 0.2) is 0 Å². The number of hydrogen-bond acceptors (Lipinski definition) is 1. The molecule has 39 valence electrons. The molecule has 1 rings (SSSR count). The van der Waals surface area contributed by atoms with Gasteiger partial charge < -0.3 is 10.4 Å². The van der Waals surface area contributed by atoms with Gasteiger partial charge in [0.1, 0.15) is 0 Å². The van der Waals surface area contributed by atoms with Gasteiger partial charge in [0.2, 0.25) is 0 Å². The van der Waals surface area contributed by atoms with Gasteiger partial charge in [-0.15, -0.1) is 6.54 Å². The van der Waals surface area contributed by atoms with E-state index >= 15 is 0 Å². The van der Waals surface area contributed by atoms with E-state index in [0.29, 0.717) is 0 Å². The quantitative estimate of drug-likeness (QED) is 0.525. The Morgan fingerprint density at radius 3 is 2.43 bits per heavy atom. The van der Waals surface area contributed by atoms with Crippen LogP contribution in [0.3, 0.4) is 0 Å². The van der Waals surface area contributed by atoms with Crippen molar-refractivity contribution >= 4 is 0 Å². The Morgan fingerprint density at radius 1 is 1.57 bits per heavy atom. The van der Waals surface area contributed by atoms with Crippen LogP contribution < -0.4 is 0 Å². The molecule has 0 bridgehead atoms. The van der Waals surface area contributed by atoms with Crippen molar-refractivity contribution in [3.05, 3.63) is 5.43 Å². The molecule has 1 aliphatic heterocycles. The minimum absolute atomic E-state index is 0. The first kappa shape index (κ1) is 8.02. The largest absolute Gasteiger partial charge is 0.595 e. The van der Waals surface area contributed by atoms with E-state index in [1.807, 2.05) is 12.1 Å². The zero-order chi connectivity index (χ0) is 4.41. The van der Waals surface area contributed by atoms with E-state index in [-0.39, 0.29) is 32.7 Å². The molecule has 0 aromatic carbocycles. The fourth-order valence-electron chi connectivity index (χ4n) is 0.612. The van der Waals surface area contributed by atoms with Crippen LogP contribution in [-0.4, -0.2) is 25.1 Å². The molecule has 1 fully saturated rings.